The van der Waals surface area contributed by atoms with Crippen molar-refractivity contribution in [2.45, 2.75) is 12.7 Å². The van der Waals surface area contributed by atoms with Crippen molar-refractivity contribution >= 4 is 6.98 Å². The average molecular weight is 179 g/mol. The zero-order valence-electron chi connectivity index (χ0n) is 6.33. The largest absolute Gasteiger partial charge is 1.00 e. The second-order valence-electron chi connectivity index (χ2n) is 1.96. The van der Waals surface area contributed by atoms with Gasteiger partial charge in [0.05, 0.1) is 0 Å². The van der Waals surface area contributed by atoms with Crippen molar-refractivity contribution in [2.75, 3.05) is 13.6 Å². The Hall–Kier alpha value is 1.45. The van der Waals surface area contributed by atoms with Gasteiger partial charge < -0.3 is 18.3 Å². The van der Waals surface area contributed by atoms with Crippen molar-refractivity contribution in [1.29, 1.82) is 0 Å². The first-order valence-corrected chi connectivity index (χ1v) is 2.92. The molecule has 0 aliphatic heterocycles. The van der Waals surface area contributed by atoms with Crippen LogP contribution in [0.25, 0.3) is 0 Å². The Morgan fingerprint density at radius 2 is 1.80 bits per heavy atom. The molecule has 0 bridgehead atoms. The minimum Gasteiger partial charge on any atom is -0.449 e. The maximum absolute atomic E-state index is 11.4. The molecule has 56 valence electrons. The summed E-state index contributed by atoms with van der Waals surface area (Å²) in [4.78, 5) is 0. The Kier molecular flexibility index (Phi) is 9.97. The molecule has 0 atom stereocenters. The normalized spacial score (nSPS) is 10.8. The average Bonchev–Trinajstić information content (AvgIpc) is 1.63. The molecule has 0 aromatic heterocycles. The van der Waals surface area contributed by atoms with Gasteiger partial charge in [-0.2, -0.15) is 0 Å². The summed E-state index contributed by atoms with van der Waals surface area (Å²) >= 11 is 0. The Balaban J connectivity index is 0. The molecule has 0 saturated heterocycles. The summed E-state index contributed by atoms with van der Waals surface area (Å²) < 4.78 is 34.2. The van der Waals surface area contributed by atoms with Gasteiger partial charge in [0.1, 0.15) is 0 Å². The van der Waals surface area contributed by atoms with Gasteiger partial charge >= 0.3 is 58.4 Å². The maximum Gasteiger partial charge on any atom is 1.00 e. The van der Waals surface area contributed by atoms with Crippen LogP contribution in [0.4, 0.5) is 12.9 Å². The minimum atomic E-state index is -4.55. The van der Waals surface area contributed by atoms with Crippen molar-refractivity contribution in [3.63, 3.8) is 0 Å². The van der Waals surface area contributed by atoms with Crippen LogP contribution in [0.5, 0.6) is 0 Å². The van der Waals surface area contributed by atoms with Gasteiger partial charge in [-0.1, -0.05) is 12.7 Å². The van der Waals surface area contributed by atoms with Gasteiger partial charge in [-0.15, -0.1) is 0 Å². The van der Waals surface area contributed by atoms with E-state index < -0.39 is 13.3 Å². The predicted molar refractivity (Wildman–Crippen MR) is 32.4 cm³/mol. The summed E-state index contributed by atoms with van der Waals surface area (Å²) in [6, 6.07) is 0. The molecule has 10 heavy (non-hydrogen) atoms. The van der Waals surface area contributed by atoms with Crippen LogP contribution in [0.15, 0.2) is 0 Å². The van der Waals surface area contributed by atoms with Crippen LogP contribution < -0.4 is 56.7 Å². The van der Waals surface area contributed by atoms with Crippen LogP contribution in [0, 0.1) is 0 Å². The van der Waals surface area contributed by atoms with E-state index in [4.69, 9.17) is 0 Å². The Morgan fingerprint density at radius 3 is 2.10 bits per heavy atom. The quantitative estimate of drug-likeness (QED) is 0.407. The zero-order valence-corrected chi connectivity index (χ0v) is 9.46. The molecule has 0 spiro atoms. The number of hydrogen-bond acceptors (Lipinski definition) is 1. The molecule has 0 heterocycles. The third-order valence-electron chi connectivity index (χ3n) is 0.958. The first kappa shape index (κ1) is 14.0. The van der Waals surface area contributed by atoms with E-state index in [1.54, 1.807) is 7.05 Å². The SMILES string of the molecule is CNCCC[B-](F)(F)F.[K+]. The van der Waals surface area contributed by atoms with Crippen LogP contribution in [-0.4, -0.2) is 20.6 Å². The summed E-state index contributed by atoms with van der Waals surface area (Å²) in [6.07, 6.45) is -0.430. The fraction of sp³-hybridized carbons (Fsp3) is 1.00. The van der Waals surface area contributed by atoms with Gasteiger partial charge in [0.25, 0.3) is 0 Å². The van der Waals surface area contributed by atoms with Gasteiger partial charge in [-0.3, -0.25) is 0 Å². The summed E-state index contributed by atoms with van der Waals surface area (Å²) in [6.45, 7) is -4.10. The van der Waals surface area contributed by atoms with E-state index >= 15 is 0 Å². The molecule has 0 aromatic rings. The molecule has 1 N–H and O–H groups in total. The van der Waals surface area contributed by atoms with E-state index in [1.165, 1.54) is 0 Å². The maximum atomic E-state index is 11.4. The molecule has 0 rings (SSSR count). The number of halogens is 3. The summed E-state index contributed by atoms with van der Waals surface area (Å²) in [5.74, 6) is 0. The molecule has 0 aliphatic rings. The molecular formula is C4H10BF3KN. The Morgan fingerprint density at radius 1 is 1.30 bits per heavy atom. The second-order valence-corrected chi connectivity index (χ2v) is 1.96. The van der Waals surface area contributed by atoms with Crippen molar-refractivity contribution < 1.29 is 64.3 Å². The number of rotatable bonds is 4. The van der Waals surface area contributed by atoms with Crippen LogP contribution in [-0.2, 0) is 0 Å². The summed E-state index contributed by atoms with van der Waals surface area (Å²) in [7, 11) is 1.64. The minimum absolute atomic E-state index is 0. The van der Waals surface area contributed by atoms with E-state index in [0.29, 0.717) is 6.54 Å². The van der Waals surface area contributed by atoms with E-state index in [1.807, 2.05) is 0 Å². The van der Waals surface area contributed by atoms with E-state index in [2.05, 4.69) is 5.32 Å². The predicted octanol–water partition coefficient (Wildman–Crippen LogP) is -1.55. The summed E-state index contributed by atoms with van der Waals surface area (Å²) in [5, 5.41) is 2.65. The van der Waals surface area contributed by atoms with Crippen molar-refractivity contribution in [2.24, 2.45) is 0 Å². The number of hydrogen-bond donors (Lipinski definition) is 1. The van der Waals surface area contributed by atoms with Crippen LogP contribution in [0.1, 0.15) is 6.42 Å². The molecule has 0 aliphatic carbocycles. The third-order valence-corrected chi connectivity index (χ3v) is 0.958. The first-order chi connectivity index (χ1) is 4.06. The van der Waals surface area contributed by atoms with Gasteiger partial charge in [0, 0.05) is 0 Å². The molecule has 0 saturated carbocycles. The Bertz CT molecular complexity index is 77.4. The zero-order chi connectivity index (χ0) is 7.33. The van der Waals surface area contributed by atoms with Crippen molar-refractivity contribution in [1.82, 2.24) is 5.32 Å². The molecule has 6 heteroatoms. The van der Waals surface area contributed by atoms with E-state index in [9.17, 15) is 12.9 Å². The first-order valence-electron chi connectivity index (χ1n) is 2.92. The standard InChI is InChI=1S/C4H10BF3N.K/c1-9-4-2-3-5(6,7)8;/h9H,2-4H2,1H3;/q-1;+1. The molecule has 0 fully saturated rings. The van der Waals surface area contributed by atoms with Gasteiger partial charge in [-0.05, 0) is 13.6 Å². The fourth-order valence-corrected chi connectivity index (χ4v) is 0.510. The molecule has 1 nitrogen and oxygen atoms in total. The molecular weight excluding hydrogens is 169 g/mol. The smallest absolute Gasteiger partial charge is 0.449 e. The van der Waals surface area contributed by atoms with Crippen LogP contribution >= 0.6 is 0 Å². The Labute approximate surface area is 102 Å². The third kappa shape index (κ3) is 12.2. The van der Waals surface area contributed by atoms with Crippen molar-refractivity contribution in [3.05, 3.63) is 0 Å². The van der Waals surface area contributed by atoms with Crippen molar-refractivity contribution in [3.8, 4) is 0 Å². The monoisotopic (exact) mass is 179 g/mol. The van der Waals surface area contributed by atoms with E-state index in [0.717, 1.165) is 0 Å². The molecule has 0 aromatic carbocycles. The van der Waals surface area contributed by atoms with Crippen LogP contribution in [0.3, 0.4) is 0 Å². The van der Waals surface area contributed by atoms with Gasteiger partial charge in [0.2, 0.25) is 0 Å². The second kappa shape index (κ2) is 7.12. The van der Waals surface area contributed by atoms with Gasteiger partial charge in [-0.25, -0.2) is 0 Å². The van der Waals surface area contributed by atoms with Crippen LogP contribution in [0.2, 0.25) is 6.32 Å². The molecule has 0 radical (unpaired) electrons. The number of nitrogens with one attached hydrogen (secondary N) is 1. The molecule has 0 unspecified atom stereocenters. The van der Waals surface area contributed by atoms with E-state index in [-0.39, 0.29) is 57.8 Å². The van der Waals surface area contributed by atoms with Gasteiger partial charge in [0.15, 0.2) is 0 Å². The molecule has 0 amide bonds. The fourth-order valence-electron chi connectivity index (χ4n) is 0.510. The topological polar surface area (TPSA) is 12.0 Å². The summed E-state index contributed by atoms with van der Waals surface area (Å²) in [5.41, 5.74) is 0.